The largest absolute Gasteiger partial charge is 0.480 e. The average Bonchev–Trinajstić information content (AvgIpc) is 2.21. The second-order valence-electron chi connectivity index (χ2n) is 3.67. The number of rotatable bonds is 7. The molecule has 17 heavy (non-hydrogen) atoms. The minimum atomic E-state index is -1.29. The molecule has 0 saturated heterocycles. The molecule has 0 unspecified atom stereocenters. The molecule has 0 spiro atoms. The first kappa shape index (κ1) is 15.3. The van der Waals surface area contributed by atoms with Crippen molar-refractivity contribution in [2.75, 3.05) is 0 Å². The minimum Gasteiger partial charge on any atom is -0.480 e. The van der Waals surface area contributed by atoms with Gasteiger partial charge in [-0.3, -0.25) is 9.59 Å². The maximum atomic E-state index is 11.4. The Bertz CT molecular complexity index is 305. The van der Waals surface area contributed by atoms with E-state index in [1.807, 2.05) is 0 Å². The number of aliphatic hydroxyl groups excluding tert-OH is 1. The second kappa shape index (κ2) is 6.81. The molecular formula is C9H17N3O5. The number of carboxylic acids is 1. The van der Waals surface area contributed by atoms with E-state index in [4.69, 9.17) is 21.7 Å². The van der Waals surface area contributed by atoms with Crippen LogP contribution < -0.4 is 16.8 Å². The highest BCUT2D eigenvalue weighted by molar-refractivity contribution is 5.87. The van der Waals surface area contributed by atoms with Crippen LogP contribution in [0.15, 0.2) is 0 Å². The van der Waals surface area contributed by atoms with E-state index < -0.39 is 36.0 Å². The average molecular weight is 247 g/mol. The Morgan fingerprint density at radius 3 is 2.24 bits per heavy atom. The van der Waals surface area contributed by atoms with Gasteiger partial charge < -0.3 is 27.0 Å². The molecule has 0 aliphatic carbocycles. The van der Waals surface area contributed by atoms with Crippen molar-refractivity contribution in [1.29, 1.82) is 0 Å². The molecule has 0 fully saturated rings. The van der Waals surface area contributed by atoms with Crippen molar-refractivity contribution < 1.29 is 24.6 Å². The van der Waals surface area contributed by atoms with E-state index >= 15 is 0 Å². The van der Waals surface area contributed by atoms with Gasteiger partial charge in [0.05, 0.1) is 6.10 Å². The molecule has 0 aliphatic rings. The molecule has 7 N–H and O–H groups in total. The van der Waals surface area contributed by atoms with Crippen molar-refractivity contribution in [3.8, 4) is 0 Å². The van der Waals surface area contributed by atoms with Crippen molar-refractivity contribution in [1.82, 2.24) is 5.32 Å². The summed E-state index contributed by atoms with van der Waals surface area (Å²) in [6.07, 6.45) is -1.38. The molecule has 0 aromatic rings. The van der Waals surface area contributed by atoms with Crippen LogP contribution in [-0.4, -0.2) is 46.2 Å². The van der Waals surface area contributed by atoms with E-state index in [0.29, 0.717) is 0 Å². The van der Waals surface area contributed by atoms with Crippen LogP contribution in [0.5, 0.6) is 0 Å². The highest BCUT2D eigenvalue weighted by Crippen LogP contribution is 1.99. The molecule has 8 heteroatoms. The van der Waals surface area contributed by atoms with Gasteiger partial charge in [-0.2, -0.15) is 0 Å². The van der Waals surface area contributed by atoms with E-state index in [-0.39, 0.29) is 12.8 Å². The van der Waals surface area contributed by atoms with Gasteiger partial charge in [-0.15, -0.1) is 0 Å². The molecule has 98 valence electrons. The van der Waals surface area contributed by atoms with Gasteiger partial charge in [0.1, 0.15) is 12.1 Å². The predicted octanol–water partition coefficient (Wildman–Crippen LogP) is -2.47. The van der Waals surface area contributed by atoms with E-state index in [1.165, 1.54) is 6.92 Å². The molecule has 0 radical (unpaired) electrons. The summed E-state index contributed by atoms with van der Waals surface area (Å²) < 4.78 is 0. The number of amides is 2. The molecule has 3 atom stereocenters. The number of aliphatic carboxylic acids is 1. The first-order chi connectivity index (χ1) is 7.75. The standard InChI is InChI=1S/C9H17N3O5/c1-4(13)7(11)8(15)12-5(9(16)17)2-3-6(10)14/h4-5,7,13H,2-3,11H2,1H3,(H2,10,14)(H,12,15)(H,16,17)/t4-,5+,7-/m0/s1. The maximum absolute atomic E-state index is 11.4. The third-order valence-electron chi connectivity index (χ3n) is 2.12. The van der Waals surface area contributed by atoms with E-state index in [9.17, 15) is 14.4 Å². The SMILES string of the molecule is C[C@H](O)[C@H](N)C(=O)N[C@H](CCC(N)=O)C(=O)O. The Morgan fingerprint density at radius 2 is 1.88 bits per heavy atom. The Kier molecular flexibility index (Phi) is 6.15. The van der Waals surface area contributed by atoms with Gasteiger partial charge >= 0.3 is 5.97 Å². The summed E-state index contributed by atoms with van der Waals surface area (Å²) in [6, 6.07) is -2.47. The molecule has 0 rings (SSSR count). The van der Waals surface area contributed by atoms with Gasteiger partial charge in [0.2, 0.25) is 11.8 Å². The lowest BCUT2D eigenvalue weighted by Gasteiger charge is -2.18. The summed E-state index contributed by atoms with van der Waals surface area (Å²) in [7, 11) is 0. The number of aliphatic hydroxyl groups is 1. The Hall–Kier alpha value is -1.67. The quantitative estimate of drug-likeness (QED) is 0.335. The molecule has 0 heterocycles. The summed E-state index contributed by atoms with van der Waals surface area (Å²) in [4.78, 5) is 32.6. The molecule has 0 aromatic carbocycles. The third kappa shape index (κ3) is 5.83. The first-order valence-electron chi connectivity index (χ1n) is 5.00. The summed E-state index contributed by atoms with van der Waals surface area (Å²) in [5, 5.41) is 20.0. The van der Waals surface area contributed by atoms with Crippen LogP contribution >= 0.6 is 0 Å². The number of carboxylic acid groups (broad SMARTS) is 1. The zero-order valence-electron chi connectivity index (χ0n) is 9.42. The number of hydrogen-bond acceptors (Lipinski definition) is 5. The van der Waals surface area contributed by atoms with Gasteiger partial charge in [-0.25, -0.2) is 4.79 Å². The van der Waals surface area contributed by atoms with Crippen LogP contribution in [0.3, 0.4) is 0 Å². The number of primary amides is 1. The number of hydrogen-bond donors (Lipinski definition) is 5. The van der Waals surface area contributed by atoms with E-state index in [0.717, 1.165) is 0 Å². The van der Waals surface area contributed by atoms with Crippen molar-refractivity contribution in [2.24, 2.45) is 11.5 Å². The number of carbonyl (C=O) groups excluding carboxylic acids is 2. The summed E-state index contributed by atoms with van der Waals surface area (Å²) in [6.45, 7) is 1.31. The normalized spacial score (nSPS) is 15.7. The second-order valence-corrected chi connectivity index (χ2v) is 3.67. The molecular weight excluding hydrogens is 230 g/mol. The lowest BCUT2D eigenvalue weighted by Crippen LogP contribution is -2.52. The summed E-state index contributed by atoms with van der Waals surface area (Å²) in [5.41, 5.74) is 10.2. The third-order valence-corrected chi connectivity index (χ3v) is 2.12. The minimum absolute atomic E-state index is 0.122. The Balaban J connectivity index is 4.39. The van der Waals surface area contributed by atoms with Crippen LogP contribution in [0.1, 0.15) is 19.8 Å². The monoisotopic (exact) mass is 247 g/mol. The van der Waals surface area contributed by atoms with E-state index in [1.54, 1.807) is 0 Å². The van der Waals surface area contributed by atoms with Gasteiger partial charge in [-0.1, -0.05) is 0 Å². The fraction of sp³-hybridized carbons (Fsp3) is 0.667. The molecule has 0 aromatic heterocycles. The van der Waals surface area contributed by atoms with Crippen molar-refractivity contribution in [2.45, 2.75) is 38.0 Å². The number of nitrogens with two attached hydrogens (primary N) is 2. The van der Waals surface area contributed by atoms with Crippen LogP contribution in [-0.2, 0) is 14.4 Å². The maximum Gasteiger partial charge on any atom is 0.326 e. The highest BCUT2D eigenvalue weighted by Gasteiger charge is 2.25. The molecule has 0 bridgehead atoms. The van der Waals surface area contributed by atoms with Gasteiger partial charge in [0, 0.05) is 6.42 Å². The van der Waals surface area contributed by atoms with E-state index in [2.05, 4.69) is 5.32 Å². The lowest BCUT2D eigenvalue weighted by atomic mass is 10.1. The predicted molar refractivity (Wildman–Crippen MR) is 57.7 cm³/mol. The lowest BCUT2D eigenvalue weighted by molar-refractivity contribution is -0.142. The van der Waals surface area contributed by atoms with Crippen LogP contribution in [0, 0.1) is 0 Å². The molecule has 0 aliphatic heterocycles. The summed E-state index contributed by atoms with van der Waals surface area (Å²) >= 11 is 0. The van der Waals surface area contributed by atoms with Crippen LogP contribution in [0.2, 0.25) is 0 Å². The topological polar surface area (TPSA) is 156 Å². The fourth-order valence-corrected chi connectivity index (χ4v) is 1.03. The highest BCUT2D eigenvalue weighted by atomic mass is 16.4. The van der Waals surface area contributed by atoms with Gasteiger partial charge in [0.25, 0.3) is 0 Å². The Labute approximate surface area is 98.0 Å². The molecule has 0 saturated carbocycles. The summed E-state index contributed by atoms with van der Waals surface area (Å²) in [5.74, 6) is -2.75. The molecule has 8 nitrogen and oxygen atoms in total. The van der Waals surface area contributed by atoms with Crippen LogP contribution in [0.4, 0.5) is 0 Å². The van der Waals surface area contributed by atoms with Crippen LogP contribution in [0.25, 0.3) is 0 Å². The van der Waals surface area contributed by atoms with Gasteiger partial charge in [-0.05, 0) is 13.3 Å². The first-order valence-corrected chi connectivity index (χ1v) is 5.00. The van der Waals surface area contributed by atoms with Crippen molar-refractivity contribution >= 4 is 17.8 Å². The zero-order chi connectivity index (χ0) is 13.6. The molecule has 2 amide bonds. The smallest absolute Gasteiger partial charge is 0.326 e. The van der Waals surface area contributed by atoms with Crippen molar-refractivity contribution in [3.05, 3.63) is 0 Å². The van der Waals surface area contributed by atoms with Crippen molar-refractivity contribution in [3.63, 3.8) is 0 Å². The zero-order valence-corrected chi connectivity index (χ0v) is 9.42. The number of carbonyl (C=O) groups is 3. The Morgan fingerprint density at radius 1 is 1.35 bits per heavy atom. The van der Waals surface area contributed by atoms with Gasteiger partial charge in [0.15, 0.2) is 0 Å². The number of nitrogens with one attached hydrogen (secondary N) is 1. The fourth-order valence-electron chi connectivity index (χ4n) is 1.03.